The lowest BCUT2D eigenvalue weighted by molar-refractivity contribution is -0.147. The molecule has 1 amide bonds. The molecule has 1 fully saturated rings. The fourth-order valence-corrected chi connectivity index (χ4v) is 3.23. The number of likely N-dealkylation sites (tertiary alicyclic amines) is 1. The van der Waals surface area contributed by atoms with Gasteiger partial charge in [0.25, 0.3) is 0 Å². The van der Waals surface area contributed by atoms with Crippen LogP contribution in [0, 0.1) is 5.92 Å². The number of carbonyl (C=O) groups is 3. The first kappa shape index (κ1) is 18.1. The Morgan fingerprint density at radius 2 is 1.96 bits per heavy atom. The maximum Gasteiger partial charge on any atom is 0.311 e. The Balaban J connectivity index is 1.30. The van der Waals surface area contributed by atoms with Gasteiger partial charge >= 0.3 is 5.97 Å². The molecule has 0 bridgehead atoms. The largest absolute Gasteiger partial charge is 0.486 e. The van der Waals surface area contributed by atoms with Crippen LogP contribution in [0.3, 0.4) is 0 Å². The van der Waals surface area contributed by atoms with E-state index in [0.717, 1.165) is 0 Å². The molecule has 1 aromatic carbocycles. The van der Waals surface area contributed by atoms with Crippen molar-refractivity contribution in [1.82, 2.24) is 4.90 Å². The van der Waals surface area contributed by atoms with Gasteiger partial charge in [0.05, 0.1) is 18.7 Å². The lowest BCUT2D eigenvalue weighted by Crippen LogP contribution is -2.27. The van der Waals surface area contributed by atoms with Crippen molar-refractivity contribution < 1.29 is 33.0 Å². The molecule has 0 radical (unpaired) electrons. The van der Waals surface area contributed by atoms with E-state index >= 15 is 0 Å². The maximum atomic E-state index is 12.3. The molecule has 3 heterocycles. The minimum Gasteiger partial charge on any atom is -0.486 e. The zero-order valence-corrected chi connectivity index (χ0v) is 15.1. The number of benzene rings is 1. The van der Waals surface area contributed by atoms with Gasteiger partial charge in [-0.1, -0.05) is 0 Å². The van der Waals surface area contributed by atoms with Crippen LogP contribution >= 0.6 is 0 Å². The van der Waals surface area contributed by atoms with Gasteiger partial charge < -0.3 is 23.5 Å². The second-order valence-corrected chi connectivity index (χ2v) is 6.64. The highest BCUT2D eigenvalue weighted by atomic mass is 16.6. The molecule has 28 heavy (non-hydrogen) atoms. The van der Waals surface area contributed by atoms with Crippen LogP contribution in [0.1, 0.15) is 22.5 Å². The van der Waals surface area contributed by atoms with Gasteiger partial charge in [0.2, 0.25) is 5.91 Å². The van der Waals surface area contributed by atoms with Crippen molar-refractivity contribution in [3.05, 3.63) is 47.9 Å². The van der Waals surface area contributed by atoms with E-state index in [9.17, 15) is 14.4 Å². The molecule has 2 aromatic rings. The highest BCUT2D eigenvalue weighted by Gasteiger charge is 2.36. The van der Waals surface area contributed by atoms with Crippen LogP contribution in [-0.2, 0) is 20.9 Å². The molecule has 8 heteroatoms. The third-order valence-corrected chi connectivity index (χ3v) is 4.68. The number of furan rings is 1. The Hall–Kier alpha value is -3.29. The van der Waals surface area contributed by atoms with Crippen LogP contribution in [0.4, 0.5) is 0 Å². The van der Waals surface area contributed by atoms with Crippen LogP contribution in [0.2, 0.25) is 0 Å². The molecule has 0 saturated carbocycles. The number of Topliss-reactive ketones (excluding diaryl/α,β-unsaturated/α-hetero) is 1. The molecule has 1 saturated heterocycles. The Kier molecular flexibility index (Phi) is 5.01. The number of esters is 1. The van der Waals surface area contributed by atoms with Crippen molar-refractivity contribution in [2.45, 2.75) is 13.0 Å². The van der Waals surface area contributed by atoms with Crippen LogP contribution in [0.5, 0.6) is 11.5 Å². The molecule has 2 aliphatic heterocycles. The first-order valence-electron chi connectivity index (χ1n) is 9.00. The number of ether oxygens (including phenoxy) is 3. The number of hydrogen-bond donors (Lipinski definition) is 0. The number of ketones is 1. The number of fused-ring (bicyclic) bond motifs is 1. The minimum atomic E-state index is -0.587. The van der Waals surface area contributed by atoms with E-state index in [1.165, 1.54) is 6.26 Å². The van der Waals surface area contributed by atoms with Crippen LogP contribution in [0.15, 0.2) is 41.0 Å². The smallest absolute Gasteiger partial charge is 0.311 e. The molecular weight excluding hydrogens is 366 g/mol. The number of nitrogens with zero attached hydrogens (tertiary/aromatic N) is 1. The Morgan fingerprint density at radius 1 is 1.14 bits per heavy atom. The van der Waals surface area contributed by atoms with Gasteiger partial charge in [0, 0.05) is 18.5 Å². The van der Waals surface area contributed by atoms with Crippen LogP contribution in [-0.4, -0.2) is 48.9 Å². The number of rotatable bonds is 6. The molecule has 0 spiro atoms. The van der Waals surface area contributed by atoms with Gasteiger partial charge in [0.1, 0.15) is 19.0 Å². The highest BCUT2D eigenvalue weighted by Crippen LogP contribution is 2.31. The van der Waals surface area contributed by atoms with Crippen molar-refractivity contribution in [3.8, 4) is 11.5 Å². The van der Waals surface area contributed by atoms with Gasteiger partial charge in [-0.2, -0.15) is 0 Å². The summed E-state index contributed by atoms with van der Waals surface area (Å²) >= 11 is 0. The average molecular weight is 385 g/mol. The predicted molar refractivity (Wildman–Crippen MR) is 95.0 cm³/mol. The number of hydrogen-bond acceptors (Lipinski definition) is 7. The van der Waals surface area contributed by atoms with Gasteiger partial charge in [-0.25, -0.2) is 0 Å². The van der Waals surface area contributed by atoms with Crippen molar-refractivity contribution in [3.63, 3.8) is 0 Å². The summed E-state index contributed by atoms with van der Waals surface area (Å²) < 4.78 is 21.3. The maximum absolute atomic E-state index is 12.3. The summed E-state index contributed by atoms with van der Waals surface area (Å²) in [6.07, 6.45) is 1.60. The quantitative estimate of drug-likeness (QED) is 0.553. The van der Waals surface area contributed by atoms with Crippen molar-refractivity contribution in [2.24, 2.45) is 5.92 Å². The molecule has 0 aliphatic carbocycles. The second-order valence-electron chi connectivity index (χ2n) is 6.64. The predicted octanol–water partition coefficient (Wildman–Crippen LogP) is 1.83. The molecular formula is C20H19NO7. The monoisotopic (exact) mass is 385 g/mol. The first-order valence-corrected chi connectivity index (χ1v) is 9.00. The fourth-order valence-electron chi connectivity index (χ4n) is 3.23. The third kappa shape index (κ3) is 3.85. The van der Waals surface area contributed by atoms with Crippen molar-refractivity contribution in [2.75, 3.05) is 26.4 Å². The molecule has 0 unspecified atom stereocenters. The first-order chi connectivity index (χ1) is 13.6. The summed E-state index contributed by atoms with van der Waals surface area (Å²) in [5, 5.41) is 0. The zero-order valence-electron chi connectivity index (χ0n) is 15.1. The summed E-state index contributed by atoms with van der Waals surface area (Å²) in [6.45, 7) is 1.06. The summed E-state index contributed by atoms with van der Waals surface area (Å²) in [7, 11) is 0. The van der Waals surface area contributed by atoms with Crippen molar-refractivity contribution in [1.29, 1.82) is 0 Å². The second kappa shape index (κ2) is 7.75. The molecule has 1 aromatic heterocycles. The zero-order chi connectivity index (χ0) is 19.5. The van der Waals surface area contributed by atoms with Gasteiger partial charge in [-0.05, 0) is 30.3 Å². The van der Waals surface area contributed by atoms with E-state index < -0.39 is 11.9 Å². The Bertz CT molecular complexity index is 890. The lowest BCUT2D eigenvalue weighted by atomic mass is 10.1. The topological polar surface area (TPSA) is 95.3 Å². The van der Waals surface area contributed by atoms with Crippen molar-refractivity contribution >= 4 is 17.7 Å². The van der Waals surface area contributed by atoms with Gasteiger partial charge in [0.15, 0.2) is 23.9 Å². The molecule has 4 rings (SSSR count). The molecule has 146 valence electrons. The van der Waals surface area contributed by atoms with Crippen LogP contribution < -0.4 is 9.47 Å². The van der Waals surface area contributed by atoms with E-state index in [-0.39, 0.29) is 31.3 Å². The normalized spacial score (nSPS) is 18.2. The number of amides is 1. The average Bonchev–Trinajstić information content (AvgIpc) is 3.36. The van der Waals surface area contributed by atoms with E-state index in [2.05, 4.69) is 0 Å². The minimum absolute atomic E-state index is 0.0672. The van der Waals surface area contributed by atoms with E-state index in [1.807, 2.05) is 0 Å². The fraction of sp³-hybridized carbons (Fsp3) is 0.350. The molecule has 2 aliphatic rings. The van der Waals surface area contributed by atoms with E-state index in [4.69, 9.17) is 18.6 Å². The van der Waals surface area contributed by atoms with E-state index in [1.54, 1.807) is 35.2 Å². The highest BCUT2D eigenvalue weighted by molar-refractivity contribution is 5.99. The Morgan fingerprint density at radius 3 is 2.75 bits per heavy atom. The molecule has 1 atom stereocenters. The number of carbonyl (C=O) groups excluding carboxylic acids is 3. The van der Waals surface area contributed by atoms with Crippen LogP contribution in [0.25, 0.3) is 0 Å². The third-order valence-electron chi connectivity index (χ3n) is 4.68. The van der Waals surface area contributed by atoms with Gasteiger partial charge in [-0.15, -0.1) is 0 Å². The SMILES string of the molecule is O=C(COC(=O)[C@@H]1CC(=O)N(Cc2ccco2)C1)c1ccc2c(c1)OCCO2. The Labute approximate surface area is 161 Å². The molecule has 0 N–H and O–H groups in total. The van der Waals surface area contributed by atoms with Gasteiger partial charge in [-0.3, -0.25) is 14.4 Å². The molecule has 8 nitrogen and oxygen atoms in total. The summed E-state index contributed by atoms with van der Waals surface area (Å²) in [6, 6.07) is 8.35. The summed E-state index contributed by atoms with van der Waals surface area (Å²) in [4.78, 5) is 38.3. The van der Waals surface area contributed by atoms with E-state index in [0.29, 0.717) is 42.6 Å². The summed E-state index contributed by atoms with van der Waals surface area (Å²) in [5.74, 6) is 0.103. The standard InChI is InChI=1S/C20H19NO7/c22-16(13-3-4-17-18(8-13)27-7-6-26-17)12-28-20(24)14-9-19(23)21(10-14)11-15-2-1-5-25-15/h1-5,8,14H,6-7,9-12H2/t14-/m1/s1. The lowest BCUT2D eigenvalue weighted by Gasteiger charge is -2.18. The summed E-state index contributed by atoms with van der Waals surface area (Å²) in [5.41, 5.74) is 0.374.